The Morgan fingerprint density at radius 3 is 2.30 bits per heavy atom. The lowest BCUT2D eigenvalue weighted by atomic mass is 10.0. The number of likely N-dealkylation sites (tertiary alicyclic amines) is 1. The van der Waals surface area contributed by atoms with Gasteiger partial charge in [-0.15, -0.1) is 0 Å². The minimum absolute atomic E-state index is 0.000934. The first-order chi connectivity index (χ1) is 16.1. The largest absolute Gasteiger partial charge is 0.496 e. The van der Waals surface area contributed by atoms with Gasteiger partial charge in [-0.25, -0.2) is 0 Å². The first kappa shape index (κ1) is 24.9. The summed E-state index contributed by atoms with van der Waals surface area (Å²) in [6, 6.07) is 11.9. The van der Waals surface area contributed by atoms with E-state index in [1.165, 1.54) is 31.2 Å². The molecule has 0 spiro atoms. The van der Waals surface area contributed by atoms with Crippen LogP contribution < -0.4 is 19.5 Å². The van der Waals surface area contributed by atoms with Crippen LogP contribution in [0.2, 0.25) is 0 Å². The third-order valence-corrected chi connectivity index (χ3v) is 6.34. The van der Waals surface area contributed by atoms with Gasteiger partial charge in [0.25, 0.3) is 5.91 Å². The minimum Gasteiger partial charge on any atom is -0.496 e. The van der Waals surface area contributed by atoms with E-state index in [1.807, 2.05) is 24.3 Å². The summed E-state index contributed by atoms with van der Waals surface area (Å²) in [6.07, 6.45) is 7.02. The van der Waals surface area contributed by atoms with Crippen molar-refractivity contribution in [1.82, 2.24) is 10.2 Å². The van der Waals surface area contributed by atoms with Crippen LogP contribution in [0.15, 0.2) is 36.4 Å². The number of benzene rings is 2. The molecular formula is C27H38N2O4. The number of amides is 1. The summed E-state index contributed by atoms with van der Waals surface area (Å²) < 4.78 is 16.5. The molecule has 180 valence electrons. The van der Waals surface area contributed by atoms with E-state index in [2.05, 4.69) is 29.3 Å². The Morgan fingerprint density at radius 1 is 1.00 bits per heavy atom. The van der Waals surface area contributed by atoms with Crippen molar-refractivity contribution in [3.63, 3.8) is 0 Å². The van der Waals surface area contributed by atoms with Crippen LogP contribution in [0.4, 0.5) is 0 Å². The second-order valence-corrected chi connectivity index (χ2v) is 8.71. The fourth-order valence-corrected chi connectivity index (χ4v) is 4.40. The van der Waals surface area contributed by atoms with Gasteiger partial charge in [0.1, 0.15) is 17.2 Å². The van der Waals surface area contributed by atoms with Crippen molar-refractivity contribution in [1.29, 1.82) is 0 Å². The van der Waals surface area contributed by atoms with Crippen molar-refractivity contribution in [2.75, 3.05) is 34.4 Å². The number of ether oxygens (including phenoxy) is 3. The third kappa shape index (κ3) is 6.87. The summed E-state index contributed by atoms with van der Waals surface area (Å²) in [4.78, 5) is 15.1. The molecule has 2 aromatic rings. The fraction of sp³-hybridized carbons (Fsp3) is 0.519. The van der Waals surface area contributed by atoms with Gasteiger partial charge in [-0.2, -0.15) is 0 Å². The number of rotatable bonds is 12. The molecule has 1 unspecified atom stereocenters. The molecule has 3 rings (SSSR count). The zero-order chi connectivity index (χ0) is 23.6. The number of nitrogens with one attached hydrogen (secondary N) is 1. The Kier molecular flexibility index (Phi) is 9.43. The van der Waals surface area contributed by atoms with Crippen LogP contribution >= 0.6 is 0 Å². The monoisotopic (exact) mass is 454 g/mol. The standard InChI is InChI=1S/C27H38N2O4/c1-5-6-7-8-9-20-10-12-21(13-11-20)27(30)28-22-14-15-29(18-22)19-24-25(32-3)16-23(31-2)17-26(24)33-4/h10-13,16-17,22H,5-9,14-15,18-19H2,1-4H3,(H,28,30). The van der Waals surface area contributed by atoms with Gasteiger partial charge >= 0.3 is 0 Å². The van der Waals surface area contributed by atoms with Crippen molar-refractivity contribution in [3.05, 3.63) is 53.1 Å². The highest BCUT2D eigenvalue weighted by molar-refractivity contribution is 5.94. The van der Waals surface area contributed by atoms with Gasteiger partial charge < -0.3 is 19.5 Å². The molecule has 0 bridgehead atoms. The Labute approximate surface area is 198 Å². The Bertz CT molecular complexity index is 872. The second-order valence-electron chi connectivity index (χ2n) is 8.71. The van der Waals surface area contributed by atoms with Gasteiger partial charge in [-0.3, -0.25) is 9.69 Å². The zero-order valence-electron chi connectivity index (χ0n) is 20.5. The molecule has 0 saturated carbocycles. The molecule has 1 heterocycles. The summed E-state index contributed by atoms with van der Waals surface area (Å²) in [7, 11) is 4.94. The average Bonchev–Trinajstić information content (AvgIpc) is 3.28. The molecule has 0 aliphatic carbocycles. The van der Waals surface area contributed by atoms with Crippen molar-refractivity contribution in [3.8, 4) is 17.2 Å². The number of hydrogen-bond donors (Lipinski definition) is 1. The summed E-state index contributed by atoms with van der Waals surface area (Å²) in [5, 5.41) is 3.20. The van der Waals surface area contributed by atoms with E-state index in [1.54, 1.807) is 21.3 Å². The van der Waals surface area contributed by atoms with Crippen LogP contribution in [-0.4, -0.2) is 51.3 Å². The zero-order valence-corrected chi connectivity index (χ0v) is 20.5. The van der Waals surface area contributed by atoms with Crippen LogP contribution in [0.3, 0.4) is 0 Å². The number of nitrogens with zero attached hydrogens (tertiary/aromatic N) is 1. The average molecular weight is 455 g/mol. The van der Waals surface area contributed by atoms with Crippen LogP contribution in [-0.2, 0) is 13.0 Å². The Balaban J connectivity index is 1.54. The van der Waals surface area contributed by atoms with Crippen molar-refractivity contribution in [2.45, 2.75) is 58.0 Å². The van der Waals surface area contributed by atoms with E-state index in [0.29, 0.717) is 12.3 Å². The number of aryl methyl sites for hydroxylation is 1. The van der Waals surface area contributed by atoms with E-state index < -0.39 is 0 Å². The lowest BCUT2D eigenvalue weighted by molar-refractivity contribution is 0.0937. The third-order valence-electron chi connectivity index (χ3n) is 6.34. The lowest BCUT2D eigenvalue weighted by Gasteiger charge is -2.21. The summed E-state index contributed by atoms with van der Waals surface area (Å²) >= 11 is 0. The van der Waals surface area contributed by atoms with Crippen molar-refractivity contribution >= 4 is 5.91 Å². The summed E-state index contributed by atoms with van der Waals surface area (Å²) in [5.41, 5.74) is 3.02. The molecule has 0 aromatic heterocycles. The Morgan fingerprint density at radius 2 is 1.70 bits per heavy atom. The molecule has 1 saturated heterocycles. The van der Waals surface area contributed by atoms with Gasteiger partial charge in [0, 0.05) is 43.4 Å². The molecule has 1 aliphatic heterocycles. The van der Waals surface area contributed by atoms with Crippen LogP contribution in [0.1, 0.15) is 60.5 Å². The molecule has 0 radical (unpaired) electrons. The number of unbranched alkanes of at least 4 members (excludes halogenated alkanes) is 3. The highest BCUT2D eigenvalue weighted by Gasteiger charge is 2.26. The van der Waals surface area contributed by atoms with Crippen LogP contribution in [0.25, 0.3) is 0 Å². The molecule has 1 fully saturated rings. The van der Waals surface area contributed by atoms with Gasteiger partial charge in [0.15, 0.2) is 0 Å². The highest BCUT2D eigenvalue weighted by Crippen LogP contribution is 2.35. The van der Waals surface area contributed by atoms with Crippen LogP contribution in [0, 0.1) is 0 Å². The minimum atomic E-state index is -0.000934. The highest BCUT2D eigenvalue weighted by atomic mass is 16.5. The predicted octanol–water partition coefficient (Wildman–Crippen LogP) is 4.84. The Hall–Kier alpha value is -2.73. The molecular weight excluding hydrogens is 416 g/mol. The number of carbonyl (C=O) groups excluding carboxylic acids is 1. The summed E-state index contributed by atoms with van der Waals surface area (Å²) in [6.45, 7) is 4.61. The van der Waals surface area contributed by atoms with Gasteiger partial charge in [-0.1, -0.05) is 38.3 Å². The van der Waals surface area contributed by atoms with Gasteiger partial charge in [-0.05, 0) is 37.0 Å². The number of hydrogen-bond acceptors (Lipinski definition) is 5. The maximum absolute atomic E-state index is 12.8. The molecule has 1 aliphatic rings. The molecule has 1 N–H and O–H groups in total. The number of carbonyl (C=O) groups is 1. The maximum atomic E-state index is 12.8. The smallest absolute Gasteiger partial charge is 0.251 e. The molecule has 1 atom stereocenters. The predicted molar refractivity (Wildman–Crippen MR) is 132 cm³/mol. The normalized spacial score (nSPS) is 15.9. The van der Waals surface area contributed by atoms with Crippen LogP contribution in [0.5, 0.6) is 17.2 Å². The molecule has 6 nitrogen and oxygen atoms in total. The molecule has 6 heteroatoms. The van der Waals surface area contributed by atoms with E-state index >= 15 is 0 Å². The molecule has 2 aromatic carbocycles. The SMILES string of the molecule is CCCCCCc1ccc(C(=O)NC2CCN(Cc3c(OC)cc(OC)cc3OC)C2)cc1. The number of methoxy groups -OCH3 is 3. The fourth-order valence-electron chi connectivity index (χ4n) is 4.40. The van der Waals surface area contributed by atoms with E-state index in [-0.39, 0.29) is 11.9 Å². The van der Waals surface area contributed by atoms with E-state index in [4.69, 9.17) is 14.2 Å². The van der Waals surface area contributed by atoms with Gasteiger partial charge in [0.2, 0.25) is 0 Å². The lowest BCUT2D eigenvalue weighted by Crippen LogP contribution is -2.37. The van der Waals surface area contributed by atoms with Crippen molar-refractivity contribution in [2.24, 2.45) is 0 Å². The van der Waals surface area contributed by atoms with Gasteiger partial charge in [0.05, 0.1) is 26.9 Å². The maximum Gasteiger partial charge on any atom is 0.251 e. The summed E-state index contributed by atoms with van der Waals surface area (Å²) in [5.74, 6) is 2.19. The van der Waals surface area contributed by atoms with E-state index in [9.17, 15) is 4.79 Å². The topological polar surface area (TPSA) is 60.0 Å². The van der Waals surface area contributed by atoms with E-state index in [0.717, 1.165) is 48.6 Å². The molecule has 1 amide bonds. The first-order valence-electron chi connectivity index (χ1n) is 12.0. The molecule has 33 heavy (non-hydrogen) atoms. The van der Waals surface area contributed by atoms with Crippen molar-refractivity contribution < 1.29 is 19.0 Å². The first-order valence-corrected chi connectivity index (χ1v) is 12.0. The quantitative estimate of drug-likeness (QED) is 0.465. The second kappa shape index (κ2) is 12.5.